The number of hydrogen-bond acceptors (Lipinski definition) is 4. The predicted octanol–water partition coefficient (Wildman–Crippen LogP) is 3.70. The Morgan fingerprint density at radius 1 is 1.32 bits per heavy atom. The van der Waals surface area contributed by atoms with Crippen molar-refractivity contribution in [2.75, 3.05) is 7.05 Å². The molecule has 3 atom stereocenters. The maximum Gasteiger partial charge on any atom is 0.269 e. The fourth-order valence-corrected chi connectivity index (χ4v) is 3.74. The van der Waals surface area contributed by atoms with Crippen molar-refractivity contribution in [1.82, 2.24) is 20.3 Å². The third kappa shape index (κ3) is 3.42. The van der Waals surface area contributed by atoms with Gasteiger partial charge in [-0.3, -0.25) is 9.59 Å². The lowest BCUT2D eigenvalue weighted by atomic mass is 9.93. The van der Waals surface area contributed by atoms with E-state index in [4.69, 9.17) is 0 Å². The maximum absolute atomic E-state index is 12.8. The molecule has 1 aliphatic rings. The fraction of sp³-hybridized carbons (Fsp3) is 0.364. The van der Waals surface area contributed by atoms with Crippen molar-refractivity contribution >= 4 is 22.7 Å². The number of nitrogens with zero attached hydrogens (tertiary/aromatic N) is 2. The van der Waals surface area contributed by atoms with Gasteiger partial charge in [0.25, 0.3) is 5.91 Å². The van der Waals surface area contributed by atoms with E-state index in [1.54, 1.807) is 19.3 Å². The van der Waals surface area contributed by atoms with Gasteiger partial charge in [0.1, 0.15) is 11.3 Å². The van der Waals surface area contributed by atoms with Gasteiger partial charge in [-0.2, -0.15) is 0 Å². The van der Waals surface area contributed by atoms with E-state index < -0.39 is 0 Å². The Morgan fingerprint density at radius 3 is 2.82 bits per heavy atom. The summed E-state index contributed by atoms with van der Waals surface area (Å²) in [4.78, 5) is 37.1. The van der Waals surface area contributed by atoms with E-state index in [9.17, 15) is 9.59 Å². The first-order valence-electron chi connectivity index (χ1n) is 9.67. The largest absolute Gasteiger partial charge is 0.354 e. The number of nitrogens with one attached hydrogen (secondary N) is 2. The van der Waals surface area contributed by atoms with Crippen LogP contribution in [0.4, 0.5) is 0 Å². The van der Waals surface area contributed by atoms with Crippen LogP contribution in [0.5, 0.6) is 0 Å². The highest BCUT2D eigenvalue weighted by Crippen LogP contribution is 2.41. The first-order valence-corrected chi connectivity index (χ1v) is 9.67. The molecule has 0 saturated heterocycles. The number of aromatic nitrogens is 3. The number of fused-ring (bicyclic) bond motifs is 1. The van der Waals surface area contributed by atoms with Gasteiger partial charge < -0.3 is 10.3 Å². The molecule has 1 saturated carbocycles. The average molecular weight is 376 g/mol. The average Bonchev–Trinajstić information content (AvgIpc) is 3.19. The predicted molar refractivity (Wildman–Crippen MR) is 107 cm³/mol. The van der Waals surface area contributed by atoms with Crippen molar-refractivity contribution in [3.63, 3.8) is 0 Å². The van der Waals surface area contributed by atoms with E-state index in [2.05, 4.69) is 27.2 Å². The third-order valence-corrected chi connectivity index (χ3v) is 5.75. The molecule has 28 heavy (non-hydrogen) atoms. The molecule has 1 amide bonds. The molecule has 1 fully saturated rings. The van der Waals surface area contributed by atoms with Crippen LogP contribution in [0.1, 0.15) is 64.7 Å². The summed E-state index contributed by atoms with van der Waals surface area (Å²) in [5, 5.41) is 3.63. The molecule has 144 valence electrons. The van der Waals surface area contributed by atoms with E-state index in [-0.39, 0.29) is 23.3 Å². The summed E-state index contributed by atoms with van der Waals surface area (Å²) in [5.74, 6) is 0.782. The molecule has 0 aliphatic heterocycles. The standard InChI is InChI=1S/C22H24N4O2/c1-12-8-14(12)11-20(27)15-9-18(26-19(10-15)22(28)23-3)13(2)16-4-6-24-21-17(16)5-7-25-21/h4-7,9-10,12-14H,8,11H2,1-3H3,(H,23,28)(H,24,25)/t12-,13?,14+/m0/s1. The number of H-pyrrole nitrogens is 1. The van der Waals surface area contributed by atoms with Crippen LogP contribution in [-0.2, 0) is 0 Å². The number of aromatic amines is 1. The lowest BCUT2D eigenvalue weighted by Crippen LogP contribution is -2.21. The molecule has 0 bridgehead atoms. The number of Topliss-reactive ketones (excluding diaryl/α,β-unsaturated/α-hetero) is 1. The Kier molecular flexibility index (Phi) is 4.71. The highest BCUT2D eigenvalue weighted by molar-refractivity contribution is 6.00. The summed E-state index contributed by atoms with van der Waals surface area (Å²) in [6.45, 7) is 4.20. The van der Waals surface area contributed by atoms with Crippen LogP contribution in [-0.4, -0.2) is 33.7 Å². The molecule has 0 aromatic carbocycles. The van der Waals surface area contributed by atoms with E-state index in [1.807, 2.05) is 31.3 Å². The number of carbonyl (C=O) groups excluding carboxylic acids is 2. The van der Waals surface area contributed by atoms with Crippen molar-refractivity contribution < 1.29 is 9.59 Å². The minimum absolute atomic E-state index is 0.0804. The third-order valence-electron chi connectivity index (χ3n) is 5.75. The van der Waals surface area contributed by atoms with Gasteiger partial charge in [0.2, 0.25) is 0 Å². The summed E-state index contributed by atoms with van der Waals surface area (Å²) < 4.78 is 0. The highest BCUT2D eigenvalue weighted by Gasteiger charge is 2.34. The summed E-state index contributed by atoms with van der Waals surface area (Å²) >= 11 is 0. The molecule has 0 radical (unpaired) electrons. The van der Waals surface area contributed by atoms with Gasteiger partial charge in [0.15, 0.2) is 5.78 Å². The van der Waals surface area contributed by atoms with Crippen molar-refractivity contribution in [2.45, 2.75) is 32.6 Å². The Morgan fingerprint density at radius 2 is 2.11 bits per heavy atom. The zero-order valence-corrected chi connectivity index (χ0v) is 16.3. The zero-order valence-electron chi connectivity index (χ0n) is 16.3. The van der Waals surface area contributed by atoms with Gasteiger partial charge in [-0.15, -0.1) is 0 Å². The second-order valence-electron chi connectivity index (χ2n) is 7.71. The van der Waals surface area contributed by atoms with Crippen molar-refractivity contribution in [3.05, 3.63) is 59.2 Å². The van der Waals surface area contributed by atoms with Crippen molar-refractivity contribution in [3.8, 4) is 0 Å². The van der Waals surface area contributed by atoms with Crippen LogP contribution in [0.3, 0.4) is 0 Å². The van der Waals surface area contributed by atoms with Crippen LogP contribution in [0.25, 0.3) is 11.0 Å². The summed E-state index contributed by atoms with van der Waals surface area (Å²) in [5.41, 5.74) is 3.42. The van der Waals surface area contributed by atoms with Crippen molar-refractivity contribution in [1.29, 1.82) is 0 Å². The van der Waals surface area contributed by atoms with Gasteiger partial charge in [-0.05, 0) is 48.1 Å². The topological polar surface area (TPSA) is 87.7 Å². The van der Waals surface area contributed by atoms with Crippen LogP contribution in [0, 0.1) is 11.8 Å². The molecule has 1 unspecified atom stereocenters. The number of rotatable bonds is 6. The number of pyridine rings is 2. The summed E-state index contributed by atoms with van der Waals surface area (Å²) in [6.07, 6.45) is 5.25. The molecule has 0 spiro atoms. The van der Waals surface area contributed by atoms with Gasteiger partial charge in [0, 0.05) is 48.4 Å². The molecular weight excluding hydrogens is 352 g/mol. The Labute approximate surface area is 163 Å². The van der Waals surface area contributed by atoms with Gasteiger partial charge in [-0.25, -0.2) is 9.97 Å². The maximum atomic E-state index is 12.8. The second kappa shape index (κ2) is 7.19. The van der Waals surface area contributed by atoms with Crippen LogP contribution in [0.2, 0.25) is 0 Å². The molecule has 1 aliphatic carbocycles. The molecule has 4 rings (SSSR count). The van der Waals surface area contributed by atoms with Crippen LogP contribution in [0.15, 0.2) is 36.7 Å². The molecule has 3 aromatic rings. The molecule has 3 heterocycles. The van der Waals surface area contributed by atoms with E-state index in [1.165, 1.54) is 0 Å². The summed E-state index contributed by atoms with van der Waals surface area (Å²) in [7, 11) is 1.57. The smallest absolute Gasteiger partial charge is 0.269 e. The fourth-order valence-electron chi connectivity index (χ4n) is 3.74. The number of carbonyl (C=O) groups is 2. The molecular formula is C22H24N4O2. The Bertz CT molecular complexity index is 1060. The lowest BCUT2D eigenvalue weighted by Gasteiger charge is -2.15. The monoisotopic (exact) mass is 376 g/mol. The Hall–Kier alpha value is -3.02. The van der Waals surface area contributed by atoms with E-state index >= 15 is 0 Å². The van der Waals surface area contributed by atoms with Crippen molar-refractivity contribution in [2.24, 2.45) is 11.8 Å². The van der Waals surface area contributed by atoms with Crippen LogP contribution < -0.4 is 5.32 Å². The highest BCUT2D eigenvalue weighted by atomic mass is 16.1. The van der Waals surface area contributed by atoms with Gasteiger partial charge in [-0.1, -0.05) is 13.8 Å². The van der Waals surface area contributed by atoms with E-state index in [0.717, 1.165) is 23.0 Å². The second-order valence-corrected chi connectivity index (χ2v) is 7.71. The first-order chi connectivity index (χ1) is 13.5. The molecule has 6 heteroatoms. The van der Waals surface area contributed by atoms with E-state index in [0.29, 0.717) is 29.5 Å². The molecule has 6 nitrogen and oxygen atoms in total. The van der Waals surface area contributed by atoms with Gasteiger partial charge in [0.05, 0.1) is 0 Å². The number of hydrogen-bond donors (Lipinski definition) is 2. The number of ketones is 1. The first kappa shape index (κ1) is 18.3. The normalized spacial score (nSPS) is 19.4. The van der Waals surface area contributed by atoms with Gasteiger partial charge >= 0.3 is 0 Å². The SMILES string of the molecule is CNC(=O)c1cc(C(=O)C[C@H]2C[C@@H]2C)cc(C(C)c2ccnc3[nH]ccc23)n1. The zero-order chi connectivity index (χ0) is 19.8. The quantitative estimate of drug-likeness (QED) is 0.642. The van der Waals surface area contributed by atoms with Crippen LogP contribution >= 0.6 is 0 Å². The number of amides is 1. The minimum atomic E-state index is -0.288. The Balaban J connectivity index is 1.74. The summed E-state index contributed by atoms with van der Waals surface area (Å²) in [6, 6.07) is 7.40. The molecule has 2 N–H and O–H groups in total. The molecule has 3 aromatic heterocycles. The minimum Gasteiger partial charge on any atom is -0.354 e. The lowest BCUT2D eigenvalue weighted by molar-refractivity contribution is 0.0958.